The highest BCUT2D eigenvalue weighted by atomic mass is 15.2. The first kappa shape index (κ1) is 7.56. The van der Waals surface area contributed by atoms with Crippen LogP contribution in [0.5, 0.6) is 0 Å². The third-order valence-corrected chi connectivity index (χ3v) is 3.40. The summed E-state index contributed by atoms with van der Waals surface area (Å²) in [5.74, 6) is 0. The predicted molar refractivity (Wildman–Crippen MR) is 46.7 cm³/mol. The summed E-state index contributed by atoms with van der Waals surface area (Å²) < 4.78 is 0. The molecular weight excluding hydrogens is 136 g/mol. The highest BCUT2D eigenvalue weighted by molar-refractivity contribution is 4.99. The molecule has 0 aromatic rings. The van der Waals surface area contributed by atoms with Crippen LogP contribution in [0.25, 0.3) is 0 Å². The molecule has 0 bridgehead atoms. The van der Waals surface area contributed by atoms with Crippen LogP contribution in [0.4, 0.5) is 0 Å². The third kappa shape index (κ3) is 1.18. The second kappa shape index (κ2) is 2.76. The fraction of sp³-hybridized carbons (Fsp3) is 1.00. The van der Waals surface area contributed by atoms with E-state index < -0.39 is 0 Å². The molecule has 0 aromatic carbocycles. The Morgan fingerprint density at radius 3 is 2.73 bits per heavy atom. The van der Waals surface area contributed by atoms with Crippen molar-refractivity contribution in [3.8, 4) is 0 Å². The fourth-order valence-electron chi connectivity index (χ4n) is 2.28. The highest BCUT2D eigenvalue weighted by Crippen LogP contribution is 2.36. The van der Waals surface area contributed by atoms with Gasteiger partial charge in [-0.15, -0.1) is 0 Å². The zero-order chi connectivity index (χ0) is 7.73. The monoisotopic (exact) mass is 154 g/mol. The maximum absolute atomic E-state index is 3.53. The summed E-state index contributed by atoms with van der Waals surface area (Å²) in [5.41, 5.74) is 0.566. The number of likely N-dealkylation sites (N-methyl/N-ethyl adjacent to an activating group) is 1. The number of rotatable bonds is 0. The molecule has 0 amide bonds. The molecule has 1 saturated carbocycles. The van der Waals surface area contributed by atoms with E-state index >= 15 is 0 Å². The summed E-state index contributed by atoms with van der Waals surface area (Å²) in [6.07, 6.45) is 5.58. The summed E-state index contributed by atoms with van der Waals surface area (Å²) in [6.45, 7) is 3.72. The summed E-state index contributed by atoms with van der Waals surface area (Å²) in [4.78, 5) is 2.57. The van der Waals surface area contributed by atoms with Crippen molar-refractivity contribution in [2.45, 2.75) is 31.2 Å². The molecule has 11 heavy (non-hydrogen) atoms. The van der Waals surface area contributed by atoms with Crippen LogP contribution in [0, 0.1) is 0 Å². The molecule has 0 atom stereocenters. The molecule has 2 rings (SSSR count). The lowest BCUT2D eigenvalue weighted by Gasteiger charge is -2.47. The second-order valence-electron chi connectivity index (χ2n) is 4.03. The van der Waals surface area contributed by atoms with Gasteiger partial charge in [0.15, 0.2) is 0 Å². The Bertz CT molecular complexity index is 140. The van der Waals surface area contributed by atoms with Crippen molar-refractivity contribution < 1.29 is 0 Å². The molecule has 0 unspecified atom stereocenters. The van der Waals surface area contributed by atoms with Crippen LogP contribution in [0.2, 0.25) is 0 Å². The van der Waals surface area contributed by atoms with E-state index in [0.29, 0.717) is 5.54 Å². The minimum atomic E-state index is 0.566. The van der Waals surface area contributed by atoms with Crippen molar-refractivity contribution in [2.75, 3.05) is 26.7 Å². The van der Waals surface area contributed by atoms with E-state index in [1.165, 1.54) is 45.3 Å². The Kier molecular flexibility index (Phi) is 1.90. The van der Waals surface area contributed by atoms with E-state index in [4.69, 9.17) is 0 Å². The first-order valence-corrected chi connectivity index (χ1v) is 4.75. The van der Waals surface area contributed by atoms with E-state index in [1.54, 1.807) is 0 Å². The van der Waals surface area contributed by atoms with Crippen LogP contribution in [0.3, 0.4) is 0 Å². The maximum Gasteiger partial charge on any atom is 0.0330 e. The molecule has 1 N–H and O–H groups in total. The van der Waals surface area contributed by atoms with E-state index in [1.807, 2.05) is 0 Å². The van der Waals surface area contributed by atoms with E-state index in [9.17, 15) is 0 Å². The molecule has 0 aromatic heterocycles. The van der Waals surface area contributed by atoms with Gasteiger partial charge in [0, 0.05) is 12.1 Å². The van der Waals surface area contributed by atoms with Crippen molar-refractivity contribution in [1.82, 2.24) is 10.2 Å². The third-order valence-electron chi connectivity index (χ3n) is 3.40. The normalized spacial score (nSPS) is 31.4. The van der Waals surface area contributed by atoms with Crippen LogP contribution >= 0.6 is 0 Å². The van der Waals surface area contributed by atoms with Crippen LogP contribution in [-0.4, -0.2) is 37.1 Å². The van der Waals surface area contributed by atoms with Crippen molar-refractivity contribution in [1.29, 1.82) is 0 Å². The molecule has 2 aliphatic rings. The lowest BCUT2D eigenvalue weighted by Crippen LogP contribution is -2.56. The molecule has 1 saturated heterocycles. The van der Waals surface area contributed by atoms with E-state index in [2.05, 4.69) is 17.3 Å². The average molecular weight is 154 g/mol. The van der Waals surface area contributed by atoms with Gasteiger partial charge in [-0.25, -0.2) is 0 Å². The van der Waals surface area contributed by atoms with Crippen molar-refractivity contribution in [3.05, 3.63) is 0 Å². The summed E-state index contributed by atoms with van der Waals surface area (Å²) >= 11 is 0. The average Bonchev–Trinajstić information content (AvgIpc) is 2.09. The van der Waals surface area contributed by atoms with Gasteiger partial charge in [0.1, 0.15) is 0 Å². The van der Waals surface area contributed by atoms with Gasteiger partial charge in [-0.3, -0.25) is 4.90 Å². The number of nitrogens with zero attached hydrogens (tertiary/aromatic N) is 1. The Morgan fingerprint density at radius 1 is 1.27 bits per heavy atom. The molecule has 1 aliphatic carbocycles. The number of hydrogen-bond acceptors (Lipinski definition) is 2. The Morgan fingerprint density at radius 2 is 2.09 bits per heavy atom. The van der Waals surface area contributed by atoms with Gasteiger partial charge in [-0.05, 0) is 45.8 Å². The standard InChI is InChI=1S/C9H18N2/c1-11-7-3-6-10-8-9(11)4-2-5-9/h10H,2-8H2,1H3. The van der Waals surface area contributed by atoms with Gasteiger partial charge in [-0.2, -0.15) is 0 Å². The number of nitrogens with one attached hydrogen (secondary N) is 1. The van der Waals surface area contributed by atoms with Crippen LogP contribution < -0.4 is 5.32 Å². The highest BCUT2D eigenvalue weighted by Gasteiger charge is 2.40. The maximum atomic E-state index is 3.53. The number of hydrogen-bond donors (Lipinski definition) is 1. The SMILES string of the molecule is CN1CCCNCC12CCC2. The summed E-state index contributed by atoms with van der Waals surface area (Å²) in [7, 11) is 2.28. The quantitative estimate of drug-likeness (QED) is 0.556. The van der Waals surface area contributed by atoms with Crippen molar-refractivity contribution in [2.24, 2.45) is 0 Å². The zero-order valence-electron chi connectivity index (χ0n) is 7.40. The molecule has 2 nitrogen and oxygen atoms in total. The van der Waals surface area contributed by atoms with Gasteiger partial charge >= 0.3 is 0 Å². The second-order valence-corrected chi connectivity index (χ2v) is 4.03. The lowest BCUT2D eigenvalue weighted by atomic mass is 9.75. The lowest BCUT2D eigenvalue weighted by molar-refractivity contribution is 0.0498. The topological polar surface area (TPSA) is 15.3 Å². The van der Waals surface area contributed by atoms with E-state index in [-0.39, 0.29) is 0 Å². The molecule has 0 radical (unpaired) electrons. The smallest absolute Gasteiger partial charge is 0.0330 e. The van der Waals surface area contributed by atoms with Crippen LogP contribution in [-0.2, 0) is 0 Å². The predicted octanol–water partition coefficient (Wildman–Crippen LogP) is 0.834. The first-order valence-electron chi connectivity index (χ1n) is 4.75. The first-order chi connectivity index (χ1) is 5.33. The van der Waals surface area contributed by atoms with Gasteiger partial charge in [0.05, 0.1) is 0 Å². The Labute approximate surface area is 69.0 Å². The fourth-order valence-corrected chi connectivity index (χ4v) is 2.28. The van der Waals surface area contributed by atoms with Crippen LogP contribution in [0.15, 0.2) is 0 Å². The van der Waals surface area contributed by atoms with Gasteiger partial charge < -0.3 is 5.32 Å². The minimum absolute atomic E-state index is 0.566. The zero-order valence-corrected chi connectivity index (χ0v) is 7.40. The Hall–Kier alpha value is -0.0800. The van der Waals surface area contributed by atoms with Crippen molar-refractivity contribution >= 4 is 0 Å². The molecule has 1 spiro atoms. The molecule has 64 valence electrons. The molecular formula is C9H18N2. The van der Waals surface area contributed by atoms with Gasteiger partial charge in [0.25, 0.3) is 0 Å². The summed E-state index contributed by atoms with van der Waals surface area (Å²) in [6, 6.07) is 0. The van der Waals surface area contributed by atoms with Gasteiger partial charge in [0.2, 0.25) is 0 Å². The van der Waals surface area contributed by atoms with E-state index in [0.717, 1.165) is 0 Å². The molecule has 2 fully saturated rings. The Balaban J connectivity index is 2.03. The molecule has 2 heteroatoms. The largest absolute Gasteiger partial charge is 0.315 e. The molecule has 1 aliphatic heterocycles. The van der Waals surface area contributed by atoms with Crippen LogP contribution in [0.1, 0.15) is 25.7 Å². The summed E-state index contributed by atoms with van der Waals surface area (Å²) in [5, 5.41) is 3.53. The molecule has 1 heterocycles. The van der Waals surface area contributed by atoms with Crippen molar-refractivity contribution in [3.63, 3.8) is 0 Å². The minimum Gasteiger partial charge on any atom is -0.315 e. The van der Waals surface area contributed by atoms with Gasteiger partial charge in [-0.1, -0.05) is 0 Å².